The average Bonchev–Trinajstić information content (AvgIpc) is 3.31. The lowest BCUT2D eigenvalue weighted by atomic mass is 9.85. The van der Waals surface area contributed by atoms with Crippen LogP contribution >= 0.6 is 11.6 Å². The van der Waals surface area contributed by atoms with E-state index in [1.165, 1.54) is 6.21 Å². The van der Waals surface area contributed by atoms with Crippen molar-refractivity contribution in [1.29, 1.82) is 0 Å². The van der Waals surface area contributed by atoms with Gasteiger partial charge in [-0.1, -0.05) is 23.8 Å². The Morgan fingerprint density at radius 1 is 1.11 bits per heavy atom. The molecule has 1 saturated carbocycles. The molecule has 2 aliphatic carbocycles. The van der Waals surface area contributed by atoms with E-state index in [9.17, 15) is 9.59 Å². The van der Waals surface area contributed by atoms with Gasteiger partial charge in [0.05, 0.1) is 36.3 Å². The van der Waals surface area contributed by atoms with E-state index in [-0.39, 0.29) is 35.5 Å². The van der Waals surface area contributed by atoms with Crippen molar-refractivity contribution in [2.24, 2.45) is 28.8 Å². The average molecular weight is 389 g/mol. The first-order valence-corrected chi connectivity index (χ1v) is 9.62. The lowest BCUT2D eigenvalue weighted by Crippen LogP contribution is -2.28. The molecule has 3 aliphatic rings. The van der Waals surface area contributed by atoms with Gasteiger partial charge in [0, 0.05) is 0 Å². The van der Waals surface area contributed by atoms with Crippen LogP contribution in [0, 0.1) is 23.7 Å². The maximum Gasteiger partial charge on any atom is 0.254 e. The fraction of sp³-hybridized carbons (Fsp3) is 0.450. The molecule has 1 aliphatic heterocycles. The quantitative estimate of drug-likeness (QED) is 0.426. The molecule has 0 radical (unpaired) electrons. The Balaban J connectivity index is 1.58. The van der Waals surface area contributed by atoms with Gasteiger partial charge in [0.25, 0.3) is 11.8 Å². The van der Waals surface area contributed by atoms with Crippen LogP contribution in [-0.2, 0) is 9.59 Å². The second kappa shape index (κ2) is 7.00. The lowest BCUT2D eigenvalue weighted by molar-refractivity contribution is -0.140. The van der Waals surface area contributed by atoms with Gasteiger partial charge < -0.3 is 9.47 Å². The van der Waals surface area contributed by atoms with Gasteiger partial charge in [-0.25, -0.2) is 0 Å². The van der Waals surface area contributed by atoms with Crippen molar-refractivity contribution in [1.82, 2.24) is 5.01 Å². The summed E-state index contributed by atoms with van der Waals surface area (Å²) in [6, 6.07) is 3.41. The van der Waals surface area contributed by atoms with E-state index in [0.717, 1.165) is 11.4 Å². The first kappa shape index (κ1) is 18.0. The van der Waals surface area contributed by atoms with Gasteiger partial charge in [-0.3, -0.25) is 9.59 Å². The van der Waals surface area contributed by atoms with Crippen molar-refractivity contribution in [2.45, 2.75) is 20.3 Å². The normalized spacial score (nSPS) is 28.5. The largest absolute Gasteiger partial charge is 0.490 e. The van der Waals surface area contributed by atoms with E-state index in [0.29, 0.717) is 35.3 Å². The predicted octanol–water partition coefficient (Wildman–Crippen LogP) is 3.28. The first-order valence-electron chi connectivity index (χ1n) is 9.24. The minimum atomic E-state index is -0.257. The molecular weight excluding hydrogens is 368 g/mol. The lowest BCUT2D eigenvalue weighted by Gasteiger charge is -2.14. The number of carbonyl (C=O) groups excluding carboxylic acids is 2. The van der Waals surface area contributed by atoms with Gasteiger partial charge in [-0.2, -0.15) is 10.1 Å². The fourth-order valence-corrected chi connectivity index (χ4v) is 4.61. The Morgan fingerprint density at radius 2 is 1.74 bits per heavy atom. The van der Waals surface area contributed by atoms with E-state index < -0.39 is 0 Å². The summed E-state index contributed by atoms with van der Waals surface area (Å²) in [6.07, 6.45) is 6.49. The Bertz CT molecular complexity index is 821. The minimum absolute atomic E-state index is 0.168. The molecule has 2 amide bonds. The van der Waals surface area contributed by atoms with Crippen molar-refractivity contribution in [3.05, 3.63) is 34.9 Å². The van der Waals surface area contributed by atoms with Crippen molar-refractivity contribution >= 4 is 29.6 Å². The van der Waals surface area contributed by atoms with E-state index >= 15 is 0 Å². The number of hydrogen-bond acceptors (Lipinski definition) is 5. The molecule has 1 aromatic carbocycles. The standard InChI is InChI=1S/C20H21ClN2O4/c1-3-26-15-8-11(7-14(21)18(15)27-4-2)10-22-23-19(24)16-12-5-6-13(9-12)17(16)20(23)25/h5-8,10,12-13,16-17H,3-4,9H2,1-2H3. The maximum absolute atomic E-state index is 12.7. The van der Waals surface area contributed by atoms with Crippen LogP contribution in [-0.4, -0.2) is 36.3 Å². The summed E-state index contributed by atoms with van der Waals surface area (Å²) in [5.41, 5.74) is 0.630. The number of carbonyl (C=O) groups is 2. The molecule has 6 nitrogen and oxygen atoms in total. The molecule has 2 bridgehead atoms. The van der Waals surface area contributed by atoms with E-state index in [4.69, 9.17) is 21.1 Å². The zero-order valence-electron chi connectivity index (χ0n) is 15.2. The highest BCUT2D eigenvalue weighted by Gasteiger charge is 2.59. The van der Waals surface area contributed by atoms with E-state index in [2.05, 4.69) is 17.3 Å². The number of allylic oxidation sites excluding steroid dienone is 2. The molecule has 1 saturated heterocycles. The molecule has 4 rings (SSSR count). The number of ether oxygens (including phenoxy) is 2. The van der Waals surface area contributed by atoms with Crippen LogP contribution in [0.25, 0.3) is 0 Å². The third-order valence-electron chi connectivity index (χ3n) is 5.39. The second-order valence-corrected chi connectivity index (χ2v) is 7.34. The summed E-state index contributed by atoms with van der Waals surface area (Å²) in [6.45, 7) is 4.65. The number of benzene rings is 1. The molecule has 1 aromatic rings. The summed E-state index contributed by atoms with van der Waals surface area (Å²) in [5, 5.41) is 5.59. The summed E-state index contributed by atoms with van der Waals surface area (Å²) in [5.74, 6) is 0.387. The van der Waals surface area contributed by atoms with Gasteiger partial charge in [0.15, 0.2) is 11.5 Å². The van der Waals surface area contributed by atoms with Crippen molar-refractivity contribution in [3.63, 3.8) is 0 Å². The molecule has 4 unspecified atom stereocenters. The predicted molar refractivity (Wildman–Crippen MR) is 101 cm³/mol. The van der Waals surface area contributed by atoms with Gasteiger partial charge in [0.2, 0.25) is 0 Å². The molecule has 2 fully saturated rings. The summed E-state index contributed by atoms with van der Waals surface area (Å²) >= 11 is 6.30. The Morgan fingerprint density at radius 3 is 2.33 bits per heavy atom. The smallest absolute Gasteiger partial charge is 0.254 e. The topological polar surface area (TPSA) is 68.2 Å². The van der Waals surface area contributed by atoms with Crippen LogP contribution in [0.15, 0.2) is 29.4 Å². The van der Waals surface area contributed by atoms with Gasteiger partial charge in [0.1, 0.15) is 0 Å². The third kappa shape index (κ3) is 2.92. The highest BCUT2D eigenvalue weighted by atomic mass is 35.5. The summed E-state index contributed by atoms with van der Waals surface area (Å²) in [4.78, 5) is 25.3. The maximum atomic E-state index is 12.7. The molecule has 1 heterocycles. The summed E-state index contributed by atoms with van der Waals surface area (Å²) < 4.78 is 11.1. The SMILES string of the molecule is CCOc1cc(C=NN2C(=O)C3C4C=CC(C4)C3C2=O)cc(Cl)c1OCC. The molecule has 7 heteroatoms. The number of rotatable bonds is 6. The highest BCUT2D eigenvalue weighted by molar-refractivity contribution is 6.32. The van der Waals surface area contributed by atoms with Crippen LogP contribution in [0.1, 0.15) is 25.8 Å². The number of nitrogens with zero attached hydrogens (tertiary/aromatic N) is 2. The number of halogens is 1. The zero-order valence-corrected chi connectivity index (χ0v) is 16.0. The summed E-state index contributed by atoms with van der Waals surface area (Å²) in [7, 11) is 0. The highest BCUT2D eigenvalue weighted by Crippen LogP contribution is 2.52. The zero-order chi connectivity index (χ0) is 19.1. The Hall–Kier alpha value is -2.34. The van der Waals surface area contributed by atoms with Crippen LogP contribution < -0.4 is 9.47 Å². The van der Waals surface area contributed by atoms with E-state index in [1.807, 2.05) is 13.8 Å². The van der Waals surface area contributed by atoms with Crippen molar-refractivity contribution < 1.29 is 19.1 Å². The number of imide groups is 1. The van der Waals surface area contributed by atoms with Gasteiger partial charge in [-0.15, -0.1) is 0 Å². The molecule has 27 heavy (non-hydrogen) atoms. The van der Waals surface area contributed by atoms with Gasteiger partial charge in [-0.05, 0) is 49.8 Å². The molecule has 0 aromatic heterocycles. The van der Waals surface area contributed by atoms with Crippen molar-refractivity contribution in [2.75, 3.05) is 13.2 Å². The number of hydrogen-bond donors (Lipinski definition) is 0. The number of amides is 2. The molecular formula is C20H21ClN2O4. The monoisotopic (exact) mass is 388 g/mol. The molecule has 142 valence electrons. The van der Waals surface area contributed by atoms with Crippen LogP contribution in [0.4, 0.5) is 0 Å². The number of hydrazone groups is 1. The molecule has 0 spiro atoms. The molecule has 4 atom stereocenters. The van der Waals surface area contributed by atoms with Crippen LogP contribution in [0.3, 0.4) is 0 Å². The minimum Gasteiger partial charge on any atom is -0.490 e. The Labute approximate surface area is 162 Å². The van der Waals surface area contributed by atoms with Gasteiger partial charge >= 0.3 is 0 Å². The first-order chi connectivity index (χ1) is 13.0. The van der Waals surface area contributed by atoms with Crippen molar-refractivity contribution in [3.8, 4) is 11.5 Å². The fourth-order valence-electron chi connectivity index (χ4n) is 4.33. The Kier molecular flexibility index (Phi) is 4.68. The number of fused-ring (bicyclic) bond motifs is 5. The molecule has 0 N–H and O–H groups in total. The van der Waals surface area contributed by atoms with Crippen LogP contribution in [0.5, 0.6) is 11.5 Å². The van der Waals surface area contributed by atoms with E-state index in [1.54, 1.807) is 12.1 Å². The van der Waals surface area contributed by atoms with Crippen LogP contribution in [0.2, 0.25) is 5.02 Å². The third-order valence-corrected chi connectivity index (χ3v) is 5.67. The second-order valence-electron chi connectivity index (χ2n) is 6.93.